The molecule has 1 aliphatic heterocycles. The van der Waals surface area contributed by atoms with Gasteiger partial charge in [-0.05, 0) is 156 Å². The van der Waals surface area contributed by atoms with Crippen LogP contribution in [0.5, 0.6) is 0 Å². The third kappa shape index (κ3) is 5.58. The zero-order valence-electron chi connectivity index (χ0n) is 42.7. The van der Waals surface area contributed by atoms with Crippen molar-refractivity contribution in [3.63, 3.8) is 0 Å². The number of rotatable bonds is 3. The van der Waals surface area contributed by atoms with Crippen molar-refractivity contribution in [2.75, 3.05) is 5.32 Å². The van der Waals surface area contributed by atoms with Crippen molar-refractivity contribution >= 4 is 82.9 Å². The Morgan fingerprint density at radius 2 is 1.20 bits per heavy atom. The first-order valence-corrected chi connectivity index (χ1v) is 26.6. The van der Waals surface area contributed by atoms with Crippen LogP contribution in [0.4, 0.5) is 11.4 Å². The molecule has 1 N–H and O–H groups in total. The molecule has 0 unspecified atom stereocenters. The van der Waals surface area contributed by atoms with E-state index < -0.39 is 0 Å². The van der Waals surface area contributed by atoms with Crippen molar-refractivity contribution in [1.29, 1.82) is 0 Å². The highest BCUT2D eigenvalue weighted by atomic mass is 32.1. The molecule has 344 valence electrons. The van der Waals surface area contributed by atoms with Gasteiger partial charge in [0.25, 0.3) is 0 Å². The first-order chi connectivity index (χ1) is 33.3. The molecule has 70 heavy (non-hydrogen) atoms. The number of anilines is 2. The number of nitrogens with zero attached hydrogens (tertiary/aromatic N) is 1. The van der Waals surface area contributed by atoms with Gasteiger partial charge in [-0.1, -0.05) is 160 Å². The predicted molar refractivity (Wildman–Crippen MR) is 304 cm³/mol. The van der Waals surface area contributed by atoms with Gasteiger partial charge in [0, 0.05) is 69.9 Å². The second-order valence-corrected chi connectivity index (χ2v) is 25.9. The quantitative estimate of drug-likeness (QED) is 0.175. The zero-order valence-corrected chi connectivity index (χ0v) is 43.5. The maximum Gasteiger partial charge on any atom is 0.198 e. The Labute approximate surface area is 418 Å². The van der Waals surface area contributed by atoms with E-state index in [0.29, 0.717) is 0 Å². The molecule has 4 heteroatoms. The highest BCUT2D eigenvalue weighted by molar-refractivity contribution is 7.26. The average molecular weight is 925 g/mol. The molecule has 3 aliphatic carbocycles. The van der Waals surface area contributed by atoms with Gasteiger partial charge in [-0.15, -0.1) is 11.3 Å². The molecule has 8 aromatic carbocycles. The lowest BCUT2D eigenvalue weighted by Gasteiger charge is -2.42. The molecule has 10 aromatic rings. The van der Waals surface area contributed by atoms with Crippen molar-refractivity contribution < 1.29 is 0 Å². The van der Waals surface area contributed by atoms with Crippen LogP contribution in [-0.4, -0.2) is 11.8 Å². The minimum atomic E-state index is -0.283. The van der Waals surface area contributed by atoms with Gasteiger partial charge in [-0.2, -0.15) is 0 Å². The van der Waals surface area contributed by atoms with E-state index in [1.54, 1.807) is 0 Å². The smallest absolute Gasteiger partial charge is 0.198 e. The normalized spacial score (nSPS) is 17.2. The summed E-state index contributed by atoms with van der Waals surface area (Å²) in [6.45, 7) is 26.7. The SMILES string of the molecule is CC(C)(C)c1ccc(Nc2cc3c(cc2-c2c4c(c5c6cc7c(cc6n6c5c2Bc2cc5sc8ccccc8c5cc2-6)C(C)(C)CCC7(C)C)-c2ccccc2C4(C)C)C(C)(C)c2ccccc2-3)cc1. The van der Waals surface area contributed by atoms with Crippen molar-refractivity contribution in [3.8, 4) is 39.1 Å². The van der Waals surface area contributed by atoms with Crippen LogP contribution in [0.25, 0.3) is 81.0 Å². The van der Waals surface area contributed by atoms with Gasteiger partial charge < -0.3 is 9.88 Å². The maximum atomic E-state index is 4.14. The Morgan fingerprint density at radius 3 is 1.93 bits per heavy atom. The Morgan fingerprint density at radius 1 is 0.543 bits per heavy atom. The predicted octanol–water partition coefficient (Wildman–Crippen LogP) is 16.5. The van der Waals surface area contributed by atoms with Gasteiger partial charge >= 0.3 is 0 Å². The highest BCUT2D eigenvalue weighted by Gasteiger charge is 2.45. The van der Waals surface area contributed by atoms with Gasteiger partial charge in [-0.25, -0.2) is 0 Å². The standard InChI is InChI=1S/C66H61BN2S/c1-62(2,3)36-24-26-37(27-25-36)68-51-32-41-38-18-12-15-21-45(38)65(8,9)47(41)30-43(51)58-59-56(40-20-13-16-22-46(40)66(59,10)11)57-44-31-48-49(64(6,7)29-28-63(48,4)5)34-52(44)69-53-33-42-39-19-14-17-23-54(39)70-55(42)35-50(53)67-60(58)61(57)69/h12-27,30-35,67-68H,28-29H2,1-11H3. The molecule has 0 saturated heterocycles. The summed E-state index contributed by atoms with van der Waals surface area (Å²) in [6.07, 6.45) is 2.36. The van der Waals surface area contributed by atoms with E-state index in [4.69, 9.17) is 0 Å². The monoisotopic (exact) mass is 924 g/mol. The molecule has 0 atom stereocenters. The number of fused-ring (bicyclic) bond motifs is 16. The minimum Gasteiger partial charge on any atom is -0.355 e. The fourth-order valence-electron chi connectivity index (χ4n) is 14.0. The number of hydrogen-bond acceptors (Lipinski definition) is 2. The molecule has 0 bridgehead atoms. The molecule has 2 nitrogen and oxygen atoms in total. The molecule has 0 fully saturated rings. The van der Waals surface area contributed by atoms with Crippen molar-refractivity contribution in [1.82, 2.24) is 4.57 Å². The van der Waals surface area contributed by atoms with Gasteiger partial charge in [0.2, 0.25) is 0 Å². The van der Waals surface area contributed by atoms with E-state index >= 15 is 0 Å². The fraction of sp³-hybridized carbons (Fsp3) is 0.273. The van der Waals surface area contributed by atoms with Crippen molar-refractivity contribution in [3.05, 3.63) is 172 Å². The number of benzene rings is 8. The van der Waals surface area contributed by atoms with E-state index in [1.165, 1.54) is 144 Å². The second kappa shape index (κ2) is 13.7. The van der Waals surface area contributed by atoms with Crippen LogP contribution in [-0.2, 0) is 27.1 Å². The number of aromatic nitrogens is 1. The van der Waals surface area contributed by atoms with Crippen LogP contribution in [0, 0.1) is 0 Å². The van der Waals surface area contributed by atoms with Gasteiger partial charge in [0.1, 0.15) is 0 Å². The maximum absolute atomic E-state index is 4.14. The van der Waals surface area contributed by atoms with Crippen LogP contribution in [0.1, 0.15) is 128 Å². The van der Waals surface area contributed by atoms with E-state index in [2.05, 4.69) is 220 Å². The second-order valence-electron chi connectivity index (χ2n) is 24.8. The molecule has 2 aromatic heterocycles. The Hall–Kier alpha value is -6.36. The number of thiophene rings is 1. The first-order valence-electron chi connectivity index (χ1n) is 25.8. The van der Waals surface area contributed by atoms with Crippen LogP contribution < -0.4 is 16.2 Å². The minimum absolute atomic E-state index is 0.0613. The van der Waals surface area contributed by atoms with E-state index in [0.717, 1.165) is 18.7 Å². The van der Waals surface area contributed by atoms with Crippen LogP contribution >= 0.6 is 11.3 Å². The fourth-order valence-corrected chi connectivity index (χ4v) is 15.2. The third-order valence-electron chi connectivity index (χ3n) is 18.0. The zero-order chi connectivity index (χ0) is 48.2. The first kappa shape index (κ1) is 42.5. The average Bonchev–Trinajstić information content (AvgIpc) is 4.00. The Bertz CT molecular complexity index is 3970. The summed E-state index contributed by atoms with van der Waals surface area (Å²) < 4.78 is 5.47. The molecule has 0 amide bonds. The summed E-state index contributed by atoms with van der Waals surface area (Å²) in [6, 6.07) is 52.4. The summed E-state index contributed by atoms with van der Waals surface area (Å²) in [5.41, 5.74) is 27.0. The topological polar surface area (TPSA) is 17.0 Å². The van der Waals surface area contributed by atoms with Gasteiger partial charge in [-0.3, -0.25) is 0 Å². The van der Waals surface area contributed by atoms with Crippen LogP contribution in [0.3, 0.4) is 0 Å². The highest BCUT2D eigenvalue weighted by Crippen LogP contribution is 2.60. The van der Waals surface area contributed by atoms with Crippen molar-refractivity contribution in [2.24, 2.45) is 0 Å². The summed E-state index contributed by atoms with van der Waals surface area (Å²) in [5, 5.41) is 9.66. The molecule has 0 radical (unpaired) electrons. The van der Waals surface area contributed by atoms with Gasteiger partial charge in [0.05, 0.1) is 5.52 Å². The summed E-state index contributed by atoms with van der Waals surface area (Å²) in [7, 11) is 0.846. The molecule has 0 saturated carbocycles. The lowest BCUT2D eigenvalue weighted by Crippen LogP contribution is -2.38. The van der Waals surface area contributed by atoms with Crippen molar-refractivity contribution in [2.45, 2.75) is 116 Å². The lowest BCUT2D eigenvalue weighted by atomic mass is 9.57. The molecule has 3 heterocycles. The van der Waals surface area contributed by atoms with E-state index in [-0.39, 0.29) is 27.1 Å². The summed E-state index contributed by atoms with van der Waals surface area (Å²) in [5.74, 6) is 0. The third-order valence-corrected chi connectivity index (χ3v) is 19.1. The molecule has 14 rings (SSSR count). The van der Waals surface area contributed by atoms with Gasteiger partial charge in [0.15, 0.2) is 7.28 Å². The Balaban J connectivity index is 1.17. The summed E-state index contributed by atoms with van der Waals surface area (Å²) in [4.78, 5) is 0. The van der Waals surface area contributed by atoms with E-state index in [1.807, 2.05) is 11.3 Å². The molecule has 0 spiro atoms. The largest absolute Gasteiger partial charge is 0.355 e. The molecule has 4 aliphatic rings. The number of nitrogens with one attached hydrogen (secondary N) is 1. The molecular formula is C66H61BN2S. The van der Waals surface area contributed by atoms with E-state index in [9.17, 15) is 0 Å². The van der Waals surface area contributed by atoms with Crippen LogP contribution in [0.15, 0.2) is 133 Å². The Kier molecular flexibility index (Phi) is 8.34. The lowest BCUT2D eigenvalue weighted by molar-refractivity contribution is 0.332. The number of hydrogen-bond donors (Lipinski definition) is 1. The van der Waals surface area contributed by atoms with Crippen LogP contribution in [0.2, 0.25) is 0 Å². The summed E-state index contributed by atoms with van der Waals surface area (Å²) >= 11 is 1.94. The molecular weight excluding hydrogens is 864 g/mol.